The first-order valence-electron chi connectivity index (χ1n) is 33.6. The second-order valence-corrected chi connectivity index (χ2v) is 29.6. The van der Waals surface area contributed by atoms with Crippen LogP contribution >= 0.6 is 0 Å². The van der Waals surface area contributed by atoms with Crippen LogP contribution in [0.4, 0.5) is 11.4 Å². The molecule has 3 N–H and O–H groups in total. The van der Waals surface area contributed by atoms with Gasteiger partial charge in [0, 0.05) is 90.8 Å². The first-order valence-corrected chi connectivity index (χ1v) is 36.3. The van der Waals surface area contributed by atoms with Gasteiger partial charge < -0.3 is 52.3 Å². The van der Waals surface area contributed by atoms with Crippen LogP contribution in [0.15, 0.2) is 124 Å². The maximum absolute atomic E-state index is 13.3. The number of anilines is 2. The number of fused-ring (bicyclic) bond motifs is 6. The number of aromatic nitrogens is 2. The molecule has 0 aliphatic carbocycles. The van der Waals surface area contributed by atoms with E-state index in [2.05, 4.69) is 91.8 Å². The summed E-state index contributed by atoms with van der Waals surface area (Å²) in [7, 11) is -6.98. The van der Waals surface area contributed by atoms with Gasteiger partial charge in [-0.1, -0.05) is 43.3 Å². The van der Waals surface area contributed by atoms with Crippen molar-refractivity contribution in [1.29, 1.82) is 0 Å². The van der Waals surface area contributed by atoms with E-state index in [4.69, 9.17) is 49.4 Å². The second-order valence-electron chi connectivity index (χ2n) is 27.6. The molecule has 0 radical (unpaired) electrons. The van der Waals surface area contributed by atoms with E-state index in [9.17, 15) is 37.2 Å². The normalized spacial score (nSPS) is 13.9. The van der Waals surface area contributed by atoms with Crippen molar-refractivity contribution in [3.8, 4) is 22.9 Å². The van der Waals surface area contributed by atoms with Gasteiger partial charge in [-0.25, -0.2) is 19.6 Å². The molecule has 0 saturated heterocycles. The summed E-state index contributed by atoms with van der Waals surface area (Å²) in [4.78, 5) is 87.7. The van der Waals surface area contributed by atoms with E-state index >= 15 is 0 Å². The number of para-hydroxylation sites is 4. The standard InChI is InChI=1S/C37H45N3O6.C26H24N2O5.C11H23NO5S.O3S/c1-7-17-39(18-11-10-16-37(5,6)44-24-41)33(42)15-12-19-40-30-22-32-26(20-27(30)25(2)23-36(40,3)4)21-28(35(43)46-32)34-38-29-13-8-9-14-31(29)45-34;1-15-14-26(2,3)28(10-6-9-23(29)30)20-13-22-16(11-17(15)20)12-18(25(31)33-22)24-27-19-7-4-5-8-21(19)32-24;1-11(2,3)17-10(13)6-4-7-12-8-5-9-18(14,15)16;1-4(2)3/h8-9,13-14,20-24H,7,10-12,15-19H2,1-6H3;4-5,7-8,11-14H,6,9-10H2,1-3H3,(H,29,30);12H,4-9H2,1-3H3,(H,14,15,16);. The molecule has 0 spiro atoms. The summed E-state index contributed by atoms with van der Waals surface area (Å²) >= 11 is 0. The molecule has 4 aromatic carbocycles. The van der Waals surface area contributed by atoms with Crippen molar-refractivity contribution < 1.29 is 77.0 Å². The molecule has 101 heavy (non-hydrogen) atoms. The molecule has 27 heteroatoms. The van der Waals surface area contributed by atoms with Gasteiger partial charge in [-0.3, -0.25) is 23.7 Å². The number of hydrogen-bond acceptors (Lipinski definition) is 22. The number of ether oxygens (including phenoxy) is 2. The molecule has 2 aliphatic heterocycles. The fraction of sp³-hybridized carbons (Fsp3) is 0.459. The third-order valence-electron chi connectivity index (χ3n) is 16.8. The number of carbonyl (C=O) groups is 4. The summed E-state index contributed by atoms with van der Waals surface area (Å²) in [6, 6.07) is 26.2. The maximum atomic E-state index is 13.3. The van der Waals surface area contributed by atoms with Gasteiger partial charge in [-0.2, -0.15) is 8.42 Å². The number of nitrogens with zero attached hydrogens (tertiary/aromatic N) is 5. The molecule has 544 valence electrons. The van der Waals surface area contributed by atoms with Crippen LogP contribution < -0.4 is 26.4 Å². The minimum Gasteiger partial charge on any atom is -0.481 e. The lowest BCUT2D eigenvalue weighted by atomic mass is 9.87. The van der Waals surface area contributed by atoms with Crippen LogP contribution in [0.5, 0.6) is 0 Å². The highest BCUT2D eigenvalue weighted by atomic mass is 32.2. The molecule has 2 aliphatic rings. The lowest BCUT2D eigenvalue weighted by Crippen LogP contribution is -2.46. The van der Waals surface area contributed by atoms with Crippen LogP contribution in [0.25, 0.3) is 78.2 Å². The number of hydrogen-bond donors (Lipinski definition) is 3. The number of carboxylic acid groups (broad SMARTS) is 1. The number of unbranched alkanes of at least 4 members (excludes halogenated alkanes) is 1. The Morgan fingerprint density at radius 2 is 1.11 bits per heavy atom. The van der Waals surface area contributed by atoms with Crippen LogP contribution in [-0.4, -0.2) is 137 Å². The van der Waals surface area contributed by atoms with Gasteiger partial charge in [-0.15, -0.1) is 12.6 Å². The Bertz CT molecular complexity index is 4640. The first kappa shape index (κ1) is 79.0. The third kappa shape index (κ3) is 22.6. The summed E-state index contributed by atoms with van der Waals surface area (Å²) in [5.41, 5.74) is 7.75. The van der Waals surface area contributed by atoms with Crippen LogP contribution in [0.2, 0.25) is 0 Å². The third-order valence-corrected chi connectivity index (χ3v) is 17.6. The molecule has 25 nitrogen and oxygen atoms in total. The molecule has 0 saturated carbocycles. The summed E-state index contributed by atoms with van der Waals surface area (Å²) in [5.74, 6) is -0.666. The minimum absolute atomic E-state index is 0.0983. The van der Waals surface area contributed by atoms with E-state index in [1.165, 1.54) is 0 Å². The predicted octanol–water partition coefficient (Wildman–Crippen LogP) is 13.2. The molecule has 8 aromatic rings. The lowest BCUT2D eigenvalue weighted by molar-refractivity contribution is -0.155. The van der Waals surface area contributed by atoms with E-state index in [0.717, 1.165) is 76.6 Å². The predicted molar refractivity (Wildman–Crippen MR) is 388 cm³/mol. The average Bonchev–Trinajstić information content (AvgIpc) is 0.891. The van der Waals surface area contributed by atoms with E-state index < -0.39 is 49.1 Å². The number of esters is 1. The molecule has 0 unspecified atom stereocenters. The monoisotopic (exact) mass is 1430 g/mol. The van der Waals surface area contributed by atoms with Gasteiger partial charge >= 0.3 is 33.8 Å². The minimum atomic E-state index is -3.86. The van der Waals surface area contributed by atoms with Crippen molar-refractivity contribution in [2.45, 2.75) is 176 Å². The Balaban J connectivity index is 0.000000226. The summed E-state index contributed by atoms with van der Waals surface area (Å²) in [6.07, 6.45) is 10.9. The zero-order chi connectivity index (χ0) is 74.2. The largest absolute Gasteiger partial charge is 0.481 e. The SMILES string of the molecule is CC(C)(C)OC(=O)CCCNCCCS(=O)(=O)O.CC1=CC(C)(C)N(CCCC(=O)O)c2cc3oc(=O)c(-c4nc5ccccc5o4)cc3cc21.CCCN(CCCCC(C)(C)OC=O)C(=O)CCCN1c2cc3oc(=O)c(-c4nc5ccccc5o4)cc3cc2C(C)=CC1(C)C.O=S(=O)=O. The molecular weight excluding hydrogens is 1340 g/mol. The Hall–Kier alpha value is -9.31. The molecule has 4 aromatic heterocycles. The van der Waals surface area contributed by atoms with E-state index in [-0.39, 0.29) is 58.0 Å². The number of rotatable bonds is 27. The van der Waals surface area contributed by atoms with E-state index in [1.54, 1.807) is 18.2 Å². The van der Waals surface area contributed by atoms with Gasteiger partial charge in [-0.05, 0) is 200 Å². The number of aliphatic carboxylic acids is 1. The molecule has 0 fully saturated rings. The van der Waals surface area contributed by atoms with Gasteiger partial charge in [0.05, 0.1) is 16.8 Å². The van der Waals surface area contributed by atoms with Gasteiger partial charge in [0.1, 0.15) is 44.5 Å². The average molecular weight is 1430 g/mol. The van der Waals surface area contributed by atoms with Crippen LogP contribution in [-0.2, 0) is 49.4 Å². The Kier molecular flexibility index (Phi) is 26.9. The number of amides is 1. The molecule has 6 heterocycles. The van der Waals surface area contributed by atoms with Crippen molar-refractivity contribution in [2.24, 2.45) is 0 Å². The summed E-state index contributed by atoms with van der Waals surface area (Å²) in [6.45, 7) is 28.3. The Morgan fingerprint density at radius 3 is 1.55 bits per heavy atom. The molecule has 0 bridgehead atoms. The molecular formula is C74H92N6O19S2. The molecule has 10 rings (SSSR count). The summed E-state index contributed by atoms with van der Waals surface area (Å²) in [5, 5.41) is 13.6. The number of oxazole rings is 2. The van der Waals surface area contributed by atoms with Gasteiger partial charge in [0.15, 0.2) is 11.2 Å². The zero-order valence-corrected chi connectivity index (χ0v) is 61.1. The van der Waals surface area contributed by atoms with Gasteiger partial charge in [0.2, 0.25) is 17.7 Å². The van der Waals surface area contributed by atoms with E-state index in [1.807, 2.05) is 100 Å². The van der Waals surface area contributed by atoms with Crippen LogP contribution in [0.1, 0.15) is 165 Å². The number of benzene rings is 4. The van der Waals surface area contributed by atoms with Crippen molar-refractivity contribution in [3.63, 3.8) is 0 Å². The van der Waals surface area contributed by atoms with Crippen LogP contribution in [0, 0.1) is 0 Å². The second kappa shape index (κ2) is 34.4. The first-order chi connectivity index (χ1) is 47.5. The molecule has 0 atom stereocenters. The number of nitrogens with one attached hydrogen (secondary N) is 1. The highest BCUT2D eigenvalue weighted by molar-refractivity contribution is 7.85. The van der Waals surface area contributed by atoms with E-state index in [0.29, 0.717) is 111 Å². The number of carbonyl (C=O) groups excluding carboxylic acids is 3. The van der Waals surface area contributed by atoms with Crippen LogP contribution in [0.3, 0.4) is 0 Å². The summed E-state index contributed by atoms with van der Waals surface area (Å²) < 4.78 is 88.1. The van der Waals surface area contributed by atoms with Gasteiger partial charge in [0.25, 0.3) is 16.6 Å². The highest BCUT2D eigenvalue weighted by Gasteiger charge is 2.34. The number of allylic oxidation sites excluding steroid dienone is 2. The topological polar surface area (TPSA) is 347 Å². The fourth-order valence-electron chi connectivity index (χ4n) is 12.3. The smallest absolute Gasteiger partial charge is 0.425 e. The lowest BCUT2D eigenvalue weighted by Gasteiger charge is -2.43. The maximum Gasteiger partial charge on any atom is 0.425 e. The zero-order valence-electron chi connectivity index (χ0n) is 59.4. The highest BCUT2D eigenvalue weighted by Crippen LogP contribution is 2.44. The van der Waals surface area contributed by atoms with Crippen molar-refractivity contribution in [2.75, 3.05) is 54.8 Å². The quantitative estimate of drug-likeness (QED) is 0.0141. The Labute approximate surface area is 588 Å². The fourth-order valence-corrected chi connectivity index (χ4v) is 12.8. The Morgan fingerprint density at radius 1 is 0.644 bits per heavy atom. The van der Waals surface area contributed by atoms with Crippen molar-refractivity contribution >= 4 is 112 Å². The molecule has 1 amide bonds. The van der Waals surface area contributed by atoms with Crippen molar-refractivity contribution in [1.82, 2.24) is 20.2 Å². The van der Waals surface area contributed by atoms with Crippen molar-refractivity contribution in [3.05, 3.63) is 129 Å². The number of carboxylic acids is 1.